The standard InChI is InChI=1S/C24H28N4O4/c1-3-31-22-16-21(27-11-13-30-14-12-27)23(32-4-2)15-20(22)26-24(29)18-5-7-19(8-6-18)28-10-9-25-17-28/h5-10,15-17H,3-4,11-14H2,1-2H3,(H,26,29). The predicted molar refractivity (Wildman–Crippen MR) is 123 cm³/mol. The number of aromatic nitrogens is 2. The summed E-state index contributed by atoms with van der Waals surface area (Å²) in [7, 11) is 0. The van der Waals surface area contributed by atoms with E-state index in [-0.39, 0.29) is 5.91 Å². The van der Waals surface area contributed by atoms with Crippen molar-refractivity contribution in [2.75, 3.05) is 49.7 Å². The number of carbonyl (C=O) groups is 1. The van der Waals surface area contributed by atoms with E-state index in [2.05, 4.69) is 15.2 Å². The topological polar surface area (TPSA) is 77.9 Å². The minimum atomic E-state index is -0.218. The fourth-order valence-corrected chi connectivity index (χ4v) is 3.64. The van der Waals surface area contributed by atoms with Crippen LogP contribution in [0.1, 0.15) is 24.2 Å². The van der Waals surface area contributed by atoms with Crippen molar-refractivity contribution >= 4 is 17.3 Å². The summed E-state index contributed by atoms with van der Waals surface area (Å²) in [4.78, 5) is 19.2. The number of imidazole rings is 1. The molecule has 0 atom stereocenters. The van der Waals surface area contributed by atoms with Gasteiger partial charge in [-0.25, -0.2) is 4.98 Å². The van der Waals surface area contributed by atoms with Gasteiger partial charge in [0.15, 0.2) is 0 Å². The Bertz CT molecular complexity index is 1030. The van der Waals surface area contributed by atoms with E-state index in [4.69, 9.17) is 14.2 Å². The number of rotatable bonds is 8. The fourth-order valence-electron chi connectivity index (χ4n) is 3.64. The van der Waals surface area contributed by atoms with Gasteiger partial charge in [-0.3, -0.25) is 4.79 Å². The van der Waals surface area contributed by atoms with Gasteiger partial charge in [-0.1, -0.05) is 0 Å². The zero-order valence-electron chi connectivity index (χ0n) is 18.4. The molecule has 8 heteroatoms. The third kappa shape index (κ3) is 4.86. The second-order valence-electron chi connectivity index (χ2n) is 7.25. The van der Waals surface area contributed by atoms with E-state index in [1.807, 2.05) is 48.9 Å². The molecule has 2 heterocycles. The van der Waals surface area contributed by atoms with E-state index in [0.29, 0.717) is 49.2 Å². The lowest BCUT2D eigenvalue weighted by molar-refractivity contribution is 0.102. The molecule has 0 aliphatic carbocycles. The van der Waals surface area contributed by atoms with Gasteiger partial charge in [0.1, 0.15) is 11.5 Å². The van der Waals surface area contributed by atoms with Crippen molar-refractivity contribution in [2.45, 2.75) is 13.8 Å². The highest BCUT2D eigenvalue weighted by Gasteiger charge is 2.20. The molecule has 0 spiro atoms. The second kappa shape index (κ2) is 10.2. The molecule has 32 heavy (non-hydrogen) atoms. The van der Waals surface area contributed by atoms with Crippen LogP contribution in [0.25, 0.3) is 5.69 Å². The van der Waals surface area contributed by atoms with Crippen molar-refractivity contribution in [3.05, 3.63) is 60.7 Å². The fraction of sp³-hybridized carbons (Fsp3) is 0.333. The van der Waals surface area contributed by atoms with Crippen LogP contribution in [-0.4, -0.2) is 55.0 Å². The summed E-state index contributed by atoms with van der Waals surface area (Å²) in [5.74, 6) is 1.11. The van der Waals surface area contributed by atoms with Crippen LogP contribution in [0.3, 0.4) is 0 Å². The highest BCUT2D eigenvalue weighted by atomic mass is 16.5. The van der Waals surface area contributed by atoms with E-state index < -0.39 is 0 Å². The molecule has 1 aromatic heterocycles. The molecule has 0 saturated carbocycles. The van der Waals surface area contributed by atoms with Crippen LogP contribution < -0.4 is 19.7 Å². The van der Waals surface area contributed by atoms with Crippen molar-refractivity contribution in [3.63, 3.8) is 0 Å². The molecule has 0 radical (unpaired) electrons. The summed E-state index contributed by atoms with van der Waals surface area (Å²) in [5.41, 5.74) is 3.01. The van der Waals surface area contributed by atoms with Gasteiger partial charge in [-0.15, -0.1) is 0 Å². The molecular weight excluding hydrogens is 408 g/mol. The minimum absolute atomic E-state index is 0.218. The first kappa shape index (κ1) is 21.7. The number of hydrogen-bond donors (Lipinski definition) is 1. The highest BCUT2D eigenvalue weighted by molar-refractivity contribution is 6.05. The molecule has 1 aliphatic rings. The Labute approximate surface area is 187 Å². The van der Waals surface area contributed by atoms with E-state index in [0.717, 1.165) is 24.5 Å². The molecule has 1 N–H and O–H groups in total. The largest absolute Gasteiger partial charge is 0.492 e. The smallest absolute Gasteiger partial charge is 0.255 e. The van der Waals surface area contributed by atoms with Gasteiger partial charge in [-0.2, -0.15) is 0 Å². The van der Waals surface area contributed by atoms with Crippen LogP contribution >= 0.6 is 0 Å². The normalized spacial score (nSPS) is 13.6. The molecule has 0 unspecified atom stereocenters. The molecule has 1 fully saturated rings. The first-order valence-electron chi connectivity index (χ1n) is 10.9. The molecular formula is C24H28N4O4. The second-order valence-corrected chi connectivity index (χ2v) is 7.25. The summed E-state index contributed by atoms with van der Waals surface area (Å²) in [6.45, 7) is 7.77. The lowest BCUT2D eigenvalue weighted by Crippen LogP contribution is -2.36. The molecule has 1 amide bonds. The SMILES string of the molecule is CCOc1cc(N2CCOCC2)c(OCC)cc1NC(=O)c1ccc(-n2ccnc2)cc1. The van der Waals surface area contributed by atoms with Crippen molar-refractivity contribution in [1.29, 1.82) is 0 Å². The number of nitrogens with zero attached hydrogens (tertiary/aromatic N) is 3. The molecule has 1 saturated heterocycles. The van der Waals surface area contributed by atoms with Gasteiger partial charge >= 0.3 is 0 Å². The third-order valence-corrected chi connectivity index (χ3v) is 5.19. The Morgan fingerprint density at radius 2 is 1.78 bits per heavy atom. The van der Waals surface area contributed by atoms with Crippen molar-refractivity contribution in [1.82, 2.24) is 9.55 Å². The number of morpholine rings is 1. The van der Waals surface area contributed by atoms with Gasteiger partial charge in [-0.05, 0) is 38.1 Å². The number of ether oxygens (including phenoxy) is 3. The monoisotopic (exact) mass is 436 g/mol. The highest BCUT2D eigenvalue weighted by Crippen LogP contribution is 2.39. The Hall–Kier alpha value is -3.52. The number of hydrogen-bond acceptors (Lipinski definition) is 6. The lowest BCUT2D eigenvalue weighted by Gasteiger charge is -2.31. The van der Waals surface area contributed by atoms with Crippen LogP contribution in [0.2, 0.25) is 0 Å². The Balaban J connectivity index is 1.59. The van der Waals surface area contributed by atoms with E-state index in [1.165, 1.54) is 0 Å². The van der Waals surface area contributed by atoms with Crippen LogP contribution in [-0.2, 0) is 4.74 Å². The van der Waals surface area contributed by atoms with Crippen LogP contribution in [0.5, 0.6) is 11.5 Å². The molecule has 8 nitrogen and oxygen atoms in total. The van der Waals surface area contributed by atoms with Crippen molar-refractivity contribution in [2.24, 2.45) is 0 Å². The van der Waals surface area contributed by atoms with Gasteiger partial charge in [0.05, 0.1) is 44.1 Å². The predicted octanol–water partition coefficient (Wildman–Crippen LogP) is 3.76. The minimum Gasteiger partial charge on any atom is -0.492 e. The number of anilines is 2. The van der Waals surface area contributed by atoms with Crippen LogP contribution in [0, 0.1) is 0 Å². The maximum atomic E-state index is 13.0. The summed E-state index contributed by atoms with van der Waals surface area (Å²) >= 11 is 0. The Morgan fingerprint density at radius 1 is 1.06 bits per heavy atom. The number of carbonyl (C=O) groups excluding carboxylic acids is 1. The Morgan fingerprint density at radius 3 is 2.44 bits per heavy atom. The average Bonchev–Trinajstić information content (AvgIpc) is 3.36. The van der Waals surface area contributed by atoms with Crippen molar-refractivity contribution < 1.29 is 19.0 Å². The average molecular weight is 437 g/mol. The zero-order chi connectivity index (χ0) is 22.3. The van der Waals surface area contributed by atoms with Gasteiger partial charge < -0.3 is 29.0 Å². The molecule has 168 valence electrons. The van der Waals surface area contributed by atoms with Crippen LogP contribution in [0.4, 0.5) is 11.4 Å². The van der Waals surface area contributed by atoms with E-state index in [9.17, 15) is 4.79 Å². The summed E-state index contributed by atoms with van der Waals surface area (Å²) in [5, 5.41) is 2.99. The number of amides is 1. The summed E-state index contributed by atoms with van der Waals surface area (Å²) in [6.07, 6.45) is 5.29. The first-order valence-corrected chi connectivity index (χ1v) is 10.9. The quantitative estimate of drug-likeness (QED) is 0.579. The molecule has 4 rings (SSSR count). The third-order valence-electron chi connectivity index (χ3n) is 5.19. The zero-order valence-corrected chi connectivity index (χ0v) is 18.4. The molecule has 0 bridgehead atoms. The summed E-state index contributed by atoms with van der Waals surface area (Å²) < 4.78 is 19.1. The number of nitrogens with one attached hydrogen (secondary N) is 1. The first-order chi connectivity index (χ1) is 15.7. The summed E-state index contributed by atoms with van der Waals surface area (Å²) in [6, 6.07) is 11.1. The van der Waals surface area contributed by atoms with Gasteiger partial charge in [0, 0.05) is 48.9 Å². The van der Waals surface area contributed by atoms with Crippen LogP contribution in [0.15, 0.2) is 55.1 Å². The van der Waals surface area contributed by atoms with E-state index >= 15 is 0 Å². The number of benzene rings is 2. The molecule has 1 aliphatic heterocycles. The van der Waals surface area contributed by atoms with Gasteiger partial charge in [0.25, 0.3) is 5.91 Å². The van der Waals surface area contributed by atoms with Gasteiger partial charge in [0.2, 0.25) is 0 Å². The molecule has 2 aromatic carbocycles. The maximum absolute atomic E-state index is 13.0. The maximum Gasteiger partial charge on any atom is 0.255 e. The molecule has 3 aromatic rings. The van der Waals surface area contributed by atoms with E-state index in [1.54, 1.807) is 24.7 Å². The lowest BCUT2D eigenvalue weighted by atomic mass is 10.1. The van der Waals surface area contributed by atoms with Crippen molar-refractivity contribution in [3.8, 4) is 17.2 Å². The Kier molecular flexibility index (Phi) is 6.91.